The number of hydrogen-bond acceptors (Lipinski definition) is 5. The Morgan fingerprint density at radius 3 is 2.64 bits per heavy atom. The lowest BCUT2D eigenvalue weighted by Crippen LogP contribution is -2.62. The first-order valence-corrected chi connectivity index (χ1v) is 11.1. The summed E-state index contributed by atoms with van der Waals surface area (Å²) in [7, 11) is 0. The van der Waals surface area contributed by atoms with Crippen molar-refractivity contribution in [3.8, 4) is 11.1 Å². The van der Waals surface area contributed by atoms with Crippen molar-refractivity contribution in [2.24, 2.45) is 0 Å². The highest BCUT2D eigenvalue weighted by Gasteiger charge is 2.46. The van der Waals surface area contributed by atoms with Crippen LogP contribution in [0.25, 0.3) is 11.1 Å². The number of benzene rings is 1. The maximum absolute atomic E-state index is 13.5. The van der Waals surface area contributed by atoms with Crippen LogP contribution in [0.15, 0.2) is 73.2 Å². The highest BCUT2D eigenvalue weighted by Crippen LogP contribution is 2.30. The van der Waals surface area contributed by atoms with Gasteiger partial charge in [-0.1, -0.05) is 36.4 Å². The van der Waals surface area contributed by atoms with Gasteiger partial charge in [0, 0.05) is 43.2 Å². The number of rotatable bonds is 6. The van der Waals surface area contributed by atoms with Gasteiger partial charge in [0.15, 0.2) is 5.60 Å². The van der Waals surface area contributed by atoms with Crippen LogP contribution in [-0.4, -0.2) is 58.0 Å². The largest absolute Gasteiger partial charge is 0.361 e. The van der Waals surface area contributed by atoms with Crippen LogP contribution in [0, 0.1) is 0 Å². The van der Waals surface area contributed by atoms with E-state index in [1.165, 1.54) is 0 Å². The van der Waals surface area contributed by atoms with E-state index >= 15 is 0 Å². The molecular formula is C26H28N4O3. The third-order valence-electron chi connectivity index (χ3n) is 5.66. The highest BCUT2D eigenvalue weighted by atomic mass is 16.5. The first-order valence-electron chi connectivity index (χ1n) is 11.1. The zero-order chi connectivity index (χ0) is 23.3. The molecule has 0 unspecified atom stereocenters. The molecule has 1 aliphatic heterocycles. The summed E-state index contributed by atoms with van der Waals surface area (Å²) in [5, 5.41) is 3.00. The molecule has 2 aromatic heterocycles. The van der Waals surface area contributed by atoms with Crippen LogP contribution >= 0.6 is 0 Å². The average molecular weight is 445 g/mol. The smallest absolute Gasteiger partial charge is 0.272 e. The number of nitrogens with one attached hydrogen (secondary N) is 1. The van der Waals surface area contributed by atoms with Crippen LogP contribution in [0.1, 0.15) is 29.9 Å². The second kappa shape index (κ2) is 9.92. The number of pyridine rings is 2. The van der Waals surface area contributed by atoms with Gasteiger partial charge in [-0.25, -0.2) is 0 Å². The van der Waals surface area contributed by atoms with E-state index in [1.807, 2.05) is 50.2 Å². The lowest BCUT2D eigenvalue weighted by atomic mass is 9.87. The van der Waals surface area contributed by atoms with E-state index in [0.717, 1.165) is 16.7 Å². The number of morpholine rings is 1. The Labute approximate surface area is 193 Å². The summed E-state index contributed by atoms with van der Waals surface area (Å²) >= 11 is 0. The summed E-state index contributed by atoms with van der Waals surface area (Å²) < 4.78 is 6.20. The fourth-order valence-corrected chi connectivity index (χ4v) is 4.11. The lowest BCUT2D eigenvalue weighted by Gasteiger charge is -2.42. The summed E-state index contributed by atoms with van der Waals surface area (Å²) in [5.41, 5.74) is 2.04. The van der Waals surface area contributed by atoms with E-state index in [9.17, 15) is 9.59 Å². The Kier molecular flexibility index (Phi) is 6.79. The minimum absolute atomic E-state index is 0.0617. The van der Waals surface area contributed by atoms with Crippen molar-refractivity contribution in [3.63, 3.8) is 0 Å². The molecule has 1 fully saturated rings. The first kappa shape index (κ1) is 22.6. The van der Waals surface area contributed by atoms with Crippen molar-refractivity contribution in [1.29, 1.82) is 0 Å². The van der Waals surface area contributed by atoms with Gasteiger partial charge < -0.3 is 15.0 Å². The topological polar surface area (TPSA) is 84.4 Å². The second-order valence-electron chi connectivity index (χ2n) is 8.49. The van der Waals surface area contributed by atoms with Gasteiger partial charge in [-0.15, -0.1) is 0 Å². The summed E-state index contributed by atoms with van der Waals surface area (Å²) in [4.78, 5) is 36.7. The van der Waals surface area contributed by atoms with E-state index in [-0.39, 0.29) is 31.0 Å². The Balaban J connectivity index is 1.69. The minimum atomic E-state index is -1.22. The van der Waals surface area contributed by atoms with Crippen LogP contribution in [0.4, 0.5) is 0 Å². The monoisotopic (exact) mass is 444 g/mol. The minimum Gasteiger partial charge on any atom is -0.361 e. The van der Waals surface area contributed by atoms with Crippen LogP contribution in [-0.2, 0) is 16.0 Å². The summed E-state index contributed by atoms with van der Waals surface area (Å²) in [6.07, 6.45) is 5.45. The normalized spacial score (nSPS) is 18.2. The van der Waals surface area contributed by atoms with E-state index in [0.29, 0.717) is 18.7 Å². The SMILES string of the molecule is CC(C)NC(=O)[C@]1(Cc2ccccc2-c2cccnc2)CN(C(=O)c2ccccn2)CCO1. The van der Waals surface area contributed by atoms with Crippen molar-refractivity contribution in [2.45, 2.75) is 31.9 Å². The molecule has 0 spiro atoms. The number of amides is 2. The third-order valence-corrected chi connectivity index (χ3v) is 5.66. The van der Waals surface area contributed by atoms with Crippen molar-refractivity contribution >= 4 is 11.8 Å². The zero-order valence-corrected chi connectivity index (χ0v) is 18.9. The van der Waals surface area contributed by atoms with Crippen LogP contribution < -0.4 is 5.32 Å². The molecule has 3 aromatic rings. The molecule has 33 heavy (non-hydrogen) atoms. The van der Waals surface area contributed by atoms with Crippen molar-refractivity contribution in [3.05, 3.63) is 84.4 Å². The molecule has 1 aromatic carbocycles. The molecule has 2 amide bonds. The molecule has 0 radical (unpaired) electrons. The maximum atomic E-state index is 13.5. The molecule has 4 rings (SSSR count). The number of hydrogen-bond donors (Lipinski definition) is 1. The predicted octanol–water partition coefficient (Wildman–Crippen LogP) is 3.12. The van der Waals surface area contributed by atoms with Crippen molar-refractivity contribution in [2.75, 3.05) is 19.7 Å². The molecule has 170 valence electrons. The average Bonchev–Trinajstić information content (AvgIpc) is 2.85. The van der Waals surface area contributed by atoms with Gasteiger partial charge in [-0.05, 0) is 43.2 Å². The van der Waals surface area contributed by atoms with Crippen LogP contribution in [0.2, 0.25) is 0 Å². The van der Waals surface area contributed by atoms with Crippen molar-refractivity contribution < 1.29 is 14.3 Å². The molecule has 1 aliphatic rings. The molecule has 0 bridgehead atoms. The molecule has 0 aliphatic carbocycles. The van der Waals surface area contributed by atoms with E-state index in [4.69, 9.17) is 4.74 Å². The number of aromatic nitrogens is 2. The van der Waals surface area contributed by atoms with Gasteiger partial charge in [-0.3, -0.25) is 19.6 Å². The molecule has 1 saturated heterocycles. The van der Waals surface area contributed by atoms with Crippen molar-refractivity contribution in [1.82, 2.24) is 20.2 Å². The molecule has 0 saturated carbocycles. The van der Waals surface area contributed by atoms with Gasteiger partial charge in [0.1, 0.15) is 5.69 Å². The van der Waals surface area contributed by atoms with E-state index < -0.39 is 5.60 Å². The van der Waals surface area contributed by atoms with Gasteiger partial charge in [0.25, 0.3) is 11.8 Å². The Bertz CT molecular complexity index is 1100. The van der Waals surface area contributed by atoms with Gasteiger partial charge in [0.2, 0.25) is 0 Å². The molecule has 3 heterocycles. The van der Waals surface area contributed by atoms with Crippen LogP contribution in [0.3, 0.4) is 0 Å². The number of ether oxygens (including phenoxy) is 1. The first-order chi connectivity index (χ1) is 16.0. The summed E-state index contributed by atoms with van der Waals surface area (Å²) in [6.45, 7) is 4.63. The molecule has 7 heteroatoms. The quantitative estimate of drug-likeness (QED) is 0.632. The number of carbonyl (C=O) groups excluding carboxylic acids is 2. The second-order valence-corrected chi connectivity index (χ2v) is 8.49. The van der Waals surface area contributed by atoms with E-state index in [2.05, 4.69) is 15.3 Å². The predicted molar refractivity (Wildman–Crippen MR) is 125 cm³/mol. The van der Waals surface area contributed by atoms with Crippen LogP contribution in [0.5, 0.6) is 0 Å². The Morgan fingerprint density at radius 1 is 1.09 bits per heavy atom. The van der Waals surface area contributed by atoms with Gasteiger partial charge in [0.05, 0.1) is 13.2 Å². The molecular weight excluding hydrogens is 416 g/mol. The summed E-state index contributed by atoms with van der Waals surface area (Å²) in [6, 6.07) is 17.0. The number of nitrogens with zero attached hydrogens (tertiary/aromatic N) is 3. The third kappa shape index (κ3) is 5.09. The molecule has 1 atom stereocenters. The fraction of sp³-hybridized carbons (Fsp3) is 0.308. The highest BCUT2D eigenvalue weighted by molar-refractivity contribution is 5.94. The van der Waals surface area contributed by atoms with E-state index in [1.54, 1.807) is 41.7 Å². The van der Waals surface area contributed by atoms with Gasteiger partial charge in [-0.2, -0.15) is 0 Å². The zero-order valence-electron chi connectivity index (χ0n) is 18.9. The molecule has 7 nitrogen and oxygen atoms in total. The standard InChI is InChI=1S/C26H28N4O3/c1-19(2)29-25(32)26(16-20-8-3-4-10-22(20)21-9-7-12-27-17-21)18-30(14-15-33-26)24(31)23-11-5-6-13-28-23/h3-13,17,19H,14-16,18H2,1-2H3,(H,29,32)/t26-/m0/s1. The Hall–Kier alpha value is -3.58. The fourth-order valence-electron chi connectivity index (χ4n) is 4.11. The molecule has 1 N–H and O–H groups in total. The van der Waals surface area contributed by atoms with Gasteiger partial charge >= 0.3 is 0 Å². The number of carbonyl (C=O) groups is 2. The summed E-state index contributed by atoms with van der Waals surface area (Å²) in [5.74, 6) is -0.432. The maximum Gasteiger partial charge on any atom is 0.272 e. The lowest BCUT2D eigenvalue weighted by molar-refractivity contribution is -0.157. The Morgan fingerprint density at radius 2 is 1.91 bits per heavy atom.